The summed E-state index contributed by atoms with van der Waals surface area (Å²) in [5.41, 5.74) is -6.49. The maximum atomic E-state index is 14.7. The zero-order valence-corrected chi connectivity index (χ0v) is 28.2. The summed E-state index contributed by atoms with van der Waals surface area (Å²) in [5, 5.41) is 39.9. The van der Waals surface area contributed by atoms with Gasteiger partial charge in [0.05, 0.1) is 35.5 Å². The molecule has 4 N–H and O–H groups in total. The van der Waals surface area contributed by atoms with Gasteiger partial charge in [-0.1, -0.05) is 39.0 Å². The number of nitrogens with one attached hydrogen (secondary N) is 1. The Morgan fingerprint density at radius 1 is 1.06 bits per heavy atom. The first-order valence-corrected chi connectivity index (χ1v) is 16.2. The molecule has 2 bridgehead atoms. The predicted molar refractivity (Wildman–Crippen MR) is 167 cm³/mol. The van der Waals surface area contributed by atoms with Crippen molar-refractivity contribution in [3.8, 4) is 0 Å². The molecule has 0 radical (unpaired) electrons. The Morgan fingerprint density at radius 3 is 2.26 bits per heavy atom. The van der Waals surface area contributed by atoms with E-state index < -0.39 is 88.1 Å². The van der Waals surface area contributed by atoms with Crippen molar-refractivity contribution in [2.24, 2.45) is 22.7 Å². The fourth-order valence-electron chi connectivity index (χ4n) is 8.48. The van der Waals surface area contributed by atoms with Gasteiger partial charge in [0.1, 0.15) is 30.0 Å². The van der Waals surface area contributed by atoms with Gasteiger partial charge < -0.3 is 39.6 Å². The summed E-state index contributed by atoms with van der Waals surface area (Å²) in [4.78, 5) is 54.7. The standard InChI is InChI=1S/C35H47NO11/c1-17(19(3)36-8)30(41)45-22-15-35(43)29(46-31(42)21-12-10-9-11-13-21)27-33(7,28(40)26(39)25(18(22)2)32(35,5)6)23(38)14-24-34(27,16-44-24)47-20(4)37/h9-13,17,19,22-24,26-27,29,36,38-39,43H,14-16H2,1-8H3/t17-,19+,22+,23+,24-,26-,27?,29+,33-,34+,35-/m1/s1. The maximum absolute atomic E-state index is 14.7. The SMILES string of the molecule is CN[C@@H](C)[C@@H](C)C(=O)O[C@H]1C[C@@]2(O)[C@@H](OC(=O)c3ccccc3)C3[C@](C)(C(=O)[C@H](O)C(=C1C)C2(C)C)[C@@H](O)C[C@H]1OC[C@@]31OC(C)=O. The van der Waals surface area contributed by atoms with Crippen LogP contribution in [0.2, 0.25) is 0 Å². The Labute approximate surface area is 274 Å². The summed E-state index contributed by atoms with van der Waals surface area (Å²) in [5.74, 6) is -4.90. The predicted octanol–water partition coefficient (Wildman–Crippen LogP) is 1.88. The topological polar surface area (TPSA) is 178 Å². The van der Waals surface area contributed by atoms with Crippen LogP contribution < -0.4 is 5.32 Å². The molecule has 5 rings (SSSR count). The van der Waals surface area contributed by atoms with Crippen LogP contribution in [0.1, 0.15) is 71.7 Å². The number of ketones is 1. The molecule has 1 aromatic carbocycles. The molecule has 1 heterocycles. The lowest BCUT2D eigenvalue weighted by Crippen LogP contribution is -2.81. The van der Waals surface area contributed by atoms with Gasteiger partial charge in [0.25, 0.3) is 0 Å². The maximum Gasteiger partial charge on any atom is 0.338 e. The molecule has 4 aliphatic rings. The Morgan fingerprint density at radius 2 is 1.70 bits per heavy atom. The van der Waals surface area contributed by atoms with Gasteiger partial charge in [0, 0.05) is 31.2 Å². The van der Waals surface area contributed by atoms with E-state index in [2.05, 4.69) is 5.32 Å². The van der Waals surface area contributed by atoms with Crippen molar-refractivity contribution in [1.29, 1.82) is 0 Å². The first-order chi connectivity index (χ1) is 21.9. The van der Waals surface area contributed by atoms with E-state index in [4.69, 9.17) is 18.9 Å². The molecule has 1 aliphatic heterocycles. The lowest BCUT2D eigenvalue weighted by Gasteiger charge is -2.67. The largest absolute Gasteiger partial charge is 0.457 e. The number of ether oxygens (including phenoxy) is 4. The molecule has 1 unspecified atom stereocenters. The molecular formula is C35H47NO11. The number of carbonyl (C=O) groups is 4. The molecule has 0 amide bonds. The van der Waals surface area contributed by atoms with Crippen molar-refractivity contribution in [3.05, 3.63) is 47.0 Å². The summed E-state index contributed by atoms with van der Waals surface area (Å²) >= 11 is 0. The highest BCUT2D eigenvalue weighted by molar-refractivity contribution is 5.94. The second-order valence-electron chi connectivity index (χ2n) is 14.5. The van der Waals surface area contributed by atoms with Gasteiger partial charge in [-0.15, -0.1) is 0 Å². The Bertz CT molecular complexity index is 1470. The van der Waals surface area contributed by atoms with Crippen LogP contribution >= 0.6 is 0 Å². The van der Waals surface area contributed by atoms with Gasteiger partial charge in [0.2, 0.25) is 0 Å². The molecule has 12 nitrogen and oxygen atoms in total. The summed E-state index contributed by atoms with van der Waals surface area (Å²) in [6, 6.07) is 7.83. The van der Waals surface area contributed by atoms with E-state index in [1.54, 1.807) is 52.9 Å². The summed E-state index contributed by atoms with van der Waals surface area (Å²) in [7, 11) is 1.71. The Kier molecular flexibility index (Phi) is 9.02. The third-order valence-corrected chi connectivity index (χ3v) is 11.8. The number of hydrogen-bond donors (Lipinski definition) is 4. The van der Waals surface area contributed by atoms with Crippen molar-refractivity contribution in [3.63, 3.8) is 0 Å². The smallest absolute Gasteiger partial charge is 0.338 e. The minimum absolute atomic E-state index is 0.101. The van der Waals surface area contributed by atoms with Gasteiger partial charge >= 0.3 is 17.9 Å². The molecule has 1 saturated heterocycles. The van der Waals surface area contributed by atoms with E-state index in [1.807, 2.05) is 6.92 Å². The van der Waals surface area contributed by atoms with Crippen molar-refractivity contribution >= 4 is 23.7 Å². The van der Waals surface area contributed by atoms with Crippen LogP contribution in [0.3, 0.4) is 0 Å². The third-order valence-electron chi connectivity index (χ3n) is 11.8. The molecule has 2 saturated carbocycles. The lowest BCUT2D eigenvalue weighted by atomic mass is 9.44. The van der Waals surface area contributed by atoms with E-state index in [1.165, 1.54) is 26.0 Å². The van der Waals surface area contributed by atoms with Crippen LogP contribution in [0.15, 0.2) is 41.5 Å². The fraction of sp³-hybridized carbons (Fsp3) is 0.657. The van der Waals surface area contributed by atoms with Crippen LogP contribution in [0.4, 0.5) is 0 Å². The minimum atomic E-state index is -2.15. The average Bonchev–Trinajstić information content (AvgIpc) is 3.02. The van der Waals surface area contributed by atoms with E-state index in [0.717, 1.165) is 0 Å². The van der Waals surface area contributed by atoms with Crippen LogP contribution in [0.5, 0.6) is 0 Å². The fourth-order valence-corrected chi connectivity index (χ4v) is 8.48. The highest BCUT2D eigenvalue weighted by atomic mass is 16.6. The van der Waals surface area contributed by atoms with Gasteiger partial charge in [-0.05, 0) is 51.1 Å². The van der Waals surface area contributed by atoms with E-state index in [9.17, 15) is 34.5 Å². The van der Waals surface area contributed by atoms with Crippen LogP contribution in [0, 0.1) is 22.7 Å². The number of Topliss-reactive ketones (excluding diaryl/α,β-unsaturated/α-hetero) is 1. The highest BCUT2D eigenvalue weighted by Gasteiger charge is 2.78. The quantitative estimate of drug-likeness (QED) is 0.190. The molecule has 0 spiro atoms. The molecule has 3 aliphatic carbocycles. The van der Waals surface area contributed by atoms with Gasteiger partial charge in [-0.25, -0.2) is 4.79 Å². The van der Waals surface area contributed by atoms with E-state index >= 15 is 0 Å². The Balaban J connectivity index is 1.77. The second kappa shape index (κ2) is 12.1. The normalized spacial score (nSPS) is 38.7. The van der Waals surface area contributed by atoms with E-state index in [0.29, 0.717) is 5.57 Å². The first-order valence-electron chi connectivity index (χ1n) is 16.2. The van der Waals surface area contributed by atoms with Crippen molar-refractivity contribution in [1.82, 2.24) is 5.32 Å². The molecule has 258 valence electrons. The number of carbonyl (C=O) groups excluding carboxylic acids is 4. The average molecular weight is 658 g/mol. The zero-order valence-electron chi connectivity index (χ0n) is 28.2. The number of fused-ring (bicyclic) bond motifs is 5. The number of rotatable bonds is 7. The van der Waals surface area contributed by atoms with Gasteiger partial charge in [0.15, 0.2) is 11.4 Å². The van der Waals surface area contributed by atoms with Crippen molar-refractivity contribution < 1.29 is 53.4 Å². The molecule has 0 aromatic heterocycles. The number of hydrogen-bond acceptors (Lipinski definition) is 12. The number of esters is 3. The van der Waals surface area contributed by atoms with Gasteiger partial charge in [-0.3, -0.25) is 14.4 Å². The second-order valence-corrected chi connectivity index (χ2v) is 14.5. The molecular weight excluding hydrogens is 610 g/mol. The van der Waals surface area contributed by atoms with E-state index in [-0.39, 0.29) is 36.6 Å². The molecule has 12 heteroatoms. The summed E-state index contributed by atoms with van der Waals surface area (Å²) in [6.07, 6.45) is -7.36. The Hall–Kier alpha value is -3.16. The number of benzene rings is 1. The summed E-state index contributed by atoms with van der Waals surface area (Å²) in [6.45, 7) is 10.9. The molecule has 1 aromatic rings. The highest BCUT2D eigenvalue weighted by Crippen LogP contribution is 2.64. The van der Waals surface area contributed by atoms with Gasteiger partial charge in [-0.2, -0.15) is 0 Å². The first kappa shape index (κ1) is 35.2. The molecule has 11 atom stereocenters. The lowest BCUT2D eigenvalue weighted by molar-refractivity contribution is -0.346. The molecule has 47 heavy (non-hydrogen) atoms. The summed E-state index contributed by atoms with van der Waals surface area (Å²) < 4.78 is 24.1. The minimum Gasteiger partial charge on any atom is -0.457 e. The zero-order chi connectivity index (χ0) is 34.9. The van der Waals surface area contributed by atoms with Crippen molar-refractivity contribution in [2.75, 3.05) is 13.7 Å². The number of aliphatic hydroxyl groups excluding tert-OH is 2. The van der Waals surface area contributed by atoms with Crippen LogP contribution in [-0.2, 0) is 33.3 Å². The van der Waals surface area contributed by atoms with Crippen LogP contribution in [-0.4, -0.2) is 100 Å². The number of aliphatic hydroxyl groups is 3. The third kappa shape index (κ3) is 5.15. The monoisotopic (exact) mass is 657 g/mol. The molecule has 3 fully saturated rings. The van der Waals surface area contributed by atoms with Crippen molar-refractivity contribution in [2.45, 2.75) is 109 Å². The van der Waals surface area contributed by atoms with Crippen LogP contribution in [0.25, 0.3) is 0 Å².